The van der Waals surface area contributed by atoms with Gasteiger partial charge < -0.3 is 14.5 Å². The monoisotopic (exact) mass is 412 g/mol. The highest BCUT2D eigenvalue weighted by molar-refractivity contribution is 9.10. The molecule has 0 saturated carbocycles. The third kappa shape index (κ3) is 5.88. The van der Waals surface area contributed by atoms with Gasteiger partial charge in [-0.3, -0.25) is 5.32 Å². The third-order valence-electron chi connectivity index (χ3n) is 3.95. The smallest absolute Gasteiger partial charge is 0.410 e. The summed E-state index contributed by atoms with van der Waals surface area (Å²) < 4.78 is 6.25. The molecule has 0 atom stereocenters. The number of amides is 3. The van der Waals surface area contributed by atoms with Gasteiger partial charge in [0.2, 0.25) is 0 Å². The molecular weight excluding hydrogens is 388 g/mol. The van der Waals surface area contributed by atoms with E-state index in [2.05, 4.69) is 26.2 Å². The summed E-state index contributed by atoms with van der Waals surface area (Å²) in [6.07, 6.45) is 2.78. The van der Waals surface area contributed by atoms with Gasteiger partial charge in [-0.1, -0.05) is 0 Å². The number of carbonyl (C=O) groups excluding carboxylic acids is 2. The lowest BCUT2D eigenvalue weighted by molar-refractivity contribution is 0.0174. The highest BCUT2D eigenvalue weighted by atomic mass is 79.9. The summed E-state index contributed by atoms with van der Waals surface area (Å²) in [6.45, 7) is 6.71. The van der Waals surface area contributed by atoms with Gasteiger partial charge in [0.1, 0.15) is 11.4 Å². The molecule has 2 rings (SSSR count). The van der Waals surface area contributed by atoms with Crippen molar-refractivity contribution >= 4 is 33.9 Å². The predicted octanol–water partition coefficient (Wildman–Crippen LogP) is 3.71. The van der Waals surface area contributed by atoms with Crippen molar-refractivity contribution in [1.29, 1.82) is 0 Å². The third-order valence-corrected chi connectivity index (χ3v) is 4.42. The molecule has 1 aromatic rings. The number of carbonyl (C=O) groups is 2. The van der Waals surface area contributed by atoms with Crippen LogP contribution in [0.4, 0.5) is 15.4 Å². The van der Waals surface area contributed by atoms with Gasteiger partial charge in [0.05, 0.1) is 0 Å². The van der Waals surface area contributed by atoms with Crippen molar-refractivity contribution in [3.8, 4) is 0 Å². The highest BCUT2D eigenvalue weighted by Crippen LogP contribution is 2.19. The summed E-state index contributed by atoms with van der Waals surface area (Å²) >= 11 is 3.31. The molecule has 1 saturated heterocycles. The molecule has 0 aromatic carbocycles. The van der Waals surface area contributed by atoms with Crippen molar-refractivity contribution in [1.82, 2.24) is 14.8 Å². The molecule has 0 unspecified atom stereocenters. The van der Waals surface area contributed by atoms with Crippen LogP contribution in [0.3, 0.4) is 0 Å². The minimum atomic E-state index is -0.498. The van der Waals surface area contributed by atoms with Crippen LogP contribution in [0, 0.1) is 0 Å². The Balaban J connectivity index is 1.84. The normalized spacial score (nSPS) is 15.6. The molecule has 0 aliphatic carbocycles. The molecule has 0 bridgehead atoms. The molecule has 1 aliphatic heterocycles. The summed E-state index contributed by atoms with van der Waals surface area (Å²) in [5.74, 6) is 0.506. The van der Waals surface area contributed by atoms with Crippen LogP contribution in [0.15, 0.2) is 22.8 Å². The molecule has 7 nitrogen and oxygen atoms in total. The molecule has 3 amide bonds. The number of piperidine rings is 1. The first-order chi connectivity index (χ1) is 11.7. The van der Waals surface area contributed by atoms with Crippen molar-refractivity contribution in [3.05, 3.63) is 22.8 Å². The number of pyridine rings is 1. The molecule has 25 heavy (non-hydrogen) atoms. The Labute approximate surface area is 156 Å². The van der Waals surface area contributed by atoms with Crippen LogP contribution >= 0.6 is 15.9 Å². The van der Waals surface area contributed by atoms with E-state index in [0.29, 0.717) is 18.9 Å². The molecule has 0 spiro atoms. The zero-order valence-electron chi connectivity index (χ0n) is 15.1. The van der Waals surface area contributed by atoms with Gasteiger partial charge in [-0.2, -0.15) is 0 Å². The van der Waals surface area contributed by atoms with Crippen molar-refractivity contribution in [2.45, 2.75) is 45.3 Å². The second-order valence-electron chi connectivity index (χ2n) is 7.10. The maximum absolute atomic E-state index is 12.4. The standard InChI is InChI=1S/C17H25BrN4O3/c1-17(2,3)25-16(24)22-9-7-13(8-10-22)21(4)15(23)20-14-6-5-12(18)11-19-14/h5-6,11,13H,7-10H2,1-4H3,(H,19,20,23). The summed E-state index contributed by atoms with van der Waals surface area (Å²) in [5.41, 5.74) is -0.498. The minimum Gasteiger partial charge on any atom is -0.444 e. The van der Waals surface area contributed by atoms with Crippen molar-refractivity contribution < 1.29 is 14.3 Å². The molecule has 1 N–H and O–H groups in total. The van der Waals surface area contributed by atoms with E-state index in [4.69, 9.17) is 4.74 Å². The highest BCUT2D eigenvalue weighted by Gasteiger charge is 2.30. The second kappa shape index (κ2) is 8.03. The fraction of sp³-hybridized carbons (Fsp3) is 0.588. The molecule has 138 valence electrons. The number of urea groups is 1. The first kappa shape index (κ1) is 19.5. The van der Waals surface area contributed by atoms with Gasteiger partial charge in [0.15, 0.2) is 0 Å². The average Bonchev–Trinajstić information content (AvgIpc) is 2.55. The number of halogens is 1. The Hall–Kier alpha value is -1.83. The average molecular weight is 413 g/mol. The molecule has 2 heterocycles. The van der Waals surface area contributed by atoms with Crippen molar-refractivity contribution in [2.75, 3.05) is 25.5 Å². The molecular formula is C17H25BrN4O3. The number of nitrogens with one attached hydrogen (secondary N) is 1. The van der Waals surface area contributed by atoms with E-state index in [-0.39, 0.29) is 18.2 Å². The Bertz CT molecular complexity index is 607. The van der Waals surface area contributed by atoms with Crippen LogP contribution in [0.5, 0.6) is 0 Å². The maximum atomic E-state index is 12.4. The number of hydrogen-bond acceptors (Lipinski definition) is 4. The van der Waals surface area contributed by atoms with Gasteiger partial charge in [0.25, 0.3) is 0 Å². The second-order valence-corrected chi connectivity index (χ2v) is 8.02. The number of hydrogen-bond donors (Lipinski definition) is 1. The lowest BCUT2D eigenvalue weighted by Gasteiger charge is -2.37. The zero-order chi connectivity index (χ0) is 18.6. The van der Waals surface area contributed by atoms with E-state index in [1.807, 2.05) is 26.8 Å². The van der Waals surface area contributed by atoms with Crippen molar-refractivity contribution in [2.24, 2.45) is 0 Å². The van der Waals surface area contributed by atoms with Gasteiger partial charge >= 0.3 is 12.1 Å². The summed E-state index contributed by atoms with van der Waals surface area (Å²) in [4.78, 5) is 32.0. The lowest BCUT2D eigenvalue weighted by atomic mass is 10.0. The van der Waals surface area contributed by atoms with E-state index < -0.39 is 5.60 Å². The SMILES string of the molecule is CN(C(=O)Nc1ccc(Br)cn1)C1CCN(C(=O)OC(C)(C)C)CC1. The summed E-state index contributed by atoms with van der Waals surface area (Å²) in [6, 6.07) is 3.43. The first-order valence-corrected chi connectivity index (χ1v) is 9.08. The predicted molar refractivity (Wildman–Crippen MR) is 99.5 cm³/mol. The molecule has 0 radical (unpaired) electrons. The van der Waals surface area contributed by atoms with E-state index >= 15 is 0 Å². The number of aromatic nitrogens is 1. The van der Waals surface area contributed by atoms with Gasteiger partial charge in [0, 0.05) is 36.8 Å². The van der Waals surface area contributed by atoms with Crippen LogP contribution in [-0.4, -0.2) is 58.7 Å². The lowest BCUT2D eigenvalue weighted by Crippen LogP contribution is -2.49. The Morgan fingerprint density at radius 2 is 1.96 bits per heavy atom. The van der Waals surface area contributed by atoms with E-state index in [1.165, 1.54) is 0 Å². The topological polar surface area (TPSA) is 74.8 Å². The summed E-state index contributed by atoms with van der Waals surface area (Å²) in [5, 5.41) is 2.78. The van der Waals surface area contributed by atoms with Gasteiger partial charge in [-0.05, 0) is 61.7 Å². The fourth-order valence-electron chi connectivity index (χ4n) is 2.58. The first-order valence-electron chi connectivity index (χ1n) is 8.29. The molecule has 1 fully saturated rings. The Morgan fingerprint density at radius 1 is 1.32 bits per heavy atom. The van der Waals surface area contributed by atoms with Crippen LogP contribution < -0.4 is 5.32 Å². The molecule has 1 aromatic heterocycles. The number of anilines is 1. The zero-order valence-corrected chi connectivity index (χ0v) is 16.7. The Morgan fingerprint density at radius 3 is 2.48 bits per heavy atom. The van der Waals surface area contributed by atoms with Gasteiger partial charge in [-0.15, -0.1) is 0 Å². The van der Waals surface area contributed by atoms with Crippen LogP contribution in [0.2, 0.25) is 0 Å². The summed E-state index contributed by atoms with van der Waals surface area (Å²) in [7, 11) is 1.77. The van der Waals surface area contributed by atoms with E-state index in [1.54, 1.807) is 29.1 Å². The Kier molecular flexibility index (Phi) is 6.26. The van der Waals surface area contributed by atoms with Crippen LogP contribution in [0.1, 0.15) is 33.6 Å². The number of likely N-dealkylation sites (tertiary alicyclic amines) is 1. The quantitative estimate of drug-likeness (QED) is 0.802. The van der Waals surface area contributed by atoms with E-state index in [9.17, 15) is 9.59 Å². The molecule has 1 aliphatic rings. The number of ether oxygens (including phenoxy) is 1. The van der Waals surface area contributed by atoms with Crippen LogP contribution in [-0.2, 0) is 4.74 Å². The number of nitrogens with zero attached hydrogens (tertiary/aromatic N) is 3. The van der Waals surface area contributed by atoms with Gasteiger partial charge in [-0.25, -0.2) is 14.6 Å². The number of rotatable bonds is 2. The van der Waals surface area contributed by atoms with Crippen LogP contribution in [0.25, 0.3) is 0 Å². The maximum Gasteiger partial charge on any atom is 0.410 e. The van der Waals surface area contributed by atoms with Crippen molar-refractivity contribution in [3.63, 3.8) is 0 Å². The van der Waals surface area contributed by atoms with E-state index in [0.717, 1.165) is 17.3 Å². The molecule has 8 heteroatoms. The minimum absolute atomic E-state index is 0.0779. The fourth-order valence-corrected chi connectivity index (χ4v) is 2.81. The largest absolute Gasteiger partial charge is 0.444 e.